The second-order valence-corrected chi connectivity index (χ2v) is 4.41. The monoisotopic (exact) mass is 251 g/mol. The number of morpholine rings is 1. The topological polar surface area (TPSA) is 70.0 Å². The fourth-order valence-electron chi connectivity index (χ4n) is 2.07. The molecule has 1 saturated heterocycles. The number of aliphatic hydroxyl groups is 1. The van der Waals surface area contributed by atoms with E-state index in [-0.39, 0.29) is 0 Å². The summed E-state index contributed by atoms with van der Waals surface area (Å²) in [5.41, 5.74) is 1.17. The van der Waals surface area contributed by atoms with Crippen LogP contribution in [0.4, 0.5) is 0 Å². The van der Waals surface area contributed by atoms with E-state index in [9.17, 15) is 9.90 Å². The molecule has 1 aliphatic heterocycles. The number of carboxylic acid groups (broad SMARTS) is 1. The average molecular weight is 251 g/mol. The first kappa shape index (κ1) is 13.0. The smallest absolute Gasteiger partial charge is 0.335 e. The molecule has 1 heterocycles. The van der Waals surface area contributed by atoms with E-state index in [0.717, 1.165) is 13.1 Å². The largest absolute Gasteiger partial charge is 0.479 e. The molecule has 0 bridgehead atoms. The second kappa shape index (κ2) is 5.95. The zero-order chi connectivity index (χ0) is 13.0. The van der Waals surface area contributed by atoms with Gasteiger partial charge in [-0.25, -0.2) is 4.79 Å². The Balaban J connectivity index is 1.93. The molecule has 5 nitrogen and oxygen atoms in total. The van der Waals surface area contributed by atoms with Crippen molar-refractivity contribution in [2.45, 2.75) is 18.8 Å². The van der Waals surface area contributed by atoms with E-state index in [1.54, 1.807) is 0 Å². The summed E-state index contributed by atoms with van der Waals surface area (Å²) in [6.07, 6.45) is -2.11. The van der Waals surface area contributed by atoms with E-state index >= 15 is 0 Å². The lowest BCUT2D eigenvalue weighted by Crippen LogP contribution is -2.49. The van der Waals surface area contributed by atoms with Crippen molar-refractivity contribution in [3.05, 3.63) is 35.9 Å². The first-order valence-electron chi connectivity index (χ1n) is 5.95. The SMILES string of the molecule is O=C(O)C(O)C1CN(Cc2ccccc2)CCO1. The molecular formula is C13H17NO4. The molecule has 2 rings (SSSR count). The highest BCUT2D eigenvalue weighted by Gasteiger charge is 2.31. The zero-order valence-corrected chi connectivity index (χ0v) is 10.0. The molecule has 1 aliphatic rings. The summed E-state index contributed by atoms with van der Waals surface area (Å²) in [5, 5.41) is 18.2. The van der Waals surface area contributed by atoms with E-state index in [1.165, 1.54) is 5.56 Å². The lowest BCUT2D eigenvalue weighted by Gasteiger charge is -2.34. The maximum Gasteiger partial charge on any atom is 0.335 e. The zero-order valence-electron chi connectivity index (χ0n) is 10.0. The van der Waals surface area contributed by atoms with E-state index < -0.39 is 18.2 Å². The Morgan fingerprint density at radius 3 is 2.83 bits per heavy atom. The van der Waals surface area contributed by atoms with Gasteiger partial charge in [0.2, 0.25) is 0 Å². The van der Waals surface area contributed by atoms with Gasteiger partial charge < -0.3 is 14.9 Å². The Morgan fingerprint density at radius 2 is 2.17 bits per heavy atom. The molecule has 0 aromatic heterocycles. The van der Waals surface area contributed by atoms with E-state index in [1.807, 2.05) is 30.3 Å². The molecule has 0 spiro atoms. The quantitative estimate of drug-likeness (QED) is 0.807. The summed E-state index contributed by atoms with van der Waals surface area (Å²) in [6, 6.07) is 9.95. The maximum atomic E-state index is 10.7. The molecule has 5 heteroatoms. The van der Waals surface area contributed by atoms with Gasteiger partial charge in [0.05, 0.1) is 6.61 Å². The molecule has 1 aromatic carbocycles. The number of nitrogens with zero attached hydrogens (tertiary/aromatic N) is 1. The van der Waals surface area contributed by atoms with Crippen LogP contribution in [0.1, 0.15) is 5.56 Å². The third-order valence-electron chi connectivity index (χ3n) is 3.03. The molecule has 0 amide bonds. The number of carbonyl (C=O) groups is 1. The number of benzene rings is 1. The molecule has 2 unspecified atom stereocenters. The average Bonchev–Trinajstić information content (AvgIpc) is 2.39. The standard InChI is InChI=1S/C13H17NO4/c15-12(13(16)17)11-9-14(6-7-18-11)8-10-4-2-1-3-5-10/h1-5,11-12,15H,6-9H2,(H,16,17). The summed E-state index contributed by atoms with van der Waals surface area (Å²) in [6.45, 7) is 2.37. The summed E-state index contributed by atoms with van der Waals surface area (Å²) < 4.78 is 5.30. The van der Waals surface area contributed by atoms with Crippen LogP contribution in [0.25, 0.3) is 0 Å². The highest BCUT2D eigenvalue weighted by Crippen LogP contribution is 2.12. The van der Waals surface area contributed by atoms with Crippen molar-refractivity contribution in [2.24, 2.45) is 0 Å². The van der Waals surface area contributed by atoms with Gasteiger partial charge >= 0.3 is 5.97 Å². The van der Waals surface area contributed by atoms with E-state index in [4.69, 9.17) is 9.84 Å². The van der Waals surface area contributed by atoms with E-state index in [2.05, 4.69) is 4.90 Å². The number of carboxylic acids is 1. The van der Waals surface area contributed by atoms with Crippen LogP contribution in [0.2, 0.25) is 0 Å². The molecule has 1 fully saturated rings. The van der Waals surface area contributed by atoms with Gasteiger partial charge in [0.25, 0.3) is 0 Å². The van der Waals surface area contributed by atoms with Crippen molar-refractivity contribution in [2.75, 3.05) is 19.7 Å². The van der Waals surface area contributed by atoms with Crippen molar-refractivity contribution in [3.63, 3.8) is 0 Å². The normalized spacial score (nSPS) is 22.6. The Labute approximate surface area is 106 Å². The molecule has 18 heavy (non-hydrogen) atoms. The van der Waals surface area contributed by atoms with Crippen LogP contribution in [0.5, 0.6) is 0 Å². The van der Waals surface area contributed by atoms with Crippen molar-refractivity contribution in [1.82, 2.24) is 4.90 Å². The predicted octanol–water partition coefficient (Wildman–Crippen LogP) is 0.333. The van der Waals surface area contributed by atoms with Crippen LogP contribution in [0.3, 0.4) is 0 Å². The number of hydrogen-bond donors (Lipinski definition) is 2. The van der Waals surface area contributed by atoms with Crippen LogP contribution in [-0.4, -0.2) is 53.0 Å². The van der Waals surface area contributed by atoms with Crippen molar-refractivity contribution in [1.29, 1.82) is 0 Å². The lowest BCUT2D eigenvalue weighted by molar-refractivity contribution is -0.161. The van der Waals surface area contributed by atoms with Crippen LogP contribution >= 0.6 is 0 Å². The first-order valence-corrected chi connectivity index (χ1v) is 5.95. The second-order valence-electron chi connectivity index (χ2n) is 4.41. The van der Waals surface area contributed by atoms with Gasteiger partial charge in [0.1, 0.15) is 6.10 Å². The molecule has 0 aliphatic carbocycles. The van der Waals surface area contributed by atoms with Crippen molar-refractivity contribution in [3.8, 4) is 0 Å². The van der Waals surface area contributed by atoms with Gasteiger partial charge in [-0.2, -0.15) is 0 Å². The summed E-state index contributed by atoms with van der Waals surface area (Å²) in [7, 11) is 0. The third kappa shape index (κ3) is 3.29. The molecular weight excluding hydrogens is 234 g/mol. The third-order valence-corrected chi connectivity index (χ3v) is 3.03. The van der Waals surface area contributed by atoms with Crippen LogP contribution in [0.15, 0.2) is 30.3 Å². The fraction of sp³-hybridized carbons (Fsp3) is 0.462. The Morgan fingerprint density at radius 1 is 1.44 bits per heavy atom. The number of ether oxygens (including phenoxy) is 1. The minimum Gasteiger partial charge on any atom is -0.479 e. The van der Waals surface area contributed by atoms with E-state index in [0.29, 0.717) is 13.2 Å². The summed E-state index contributed by atoms with van der Waals surface area (Å²) in [5.74, 6) is -1.23. The lowest BCUT2D eigenvalue weighted by atomic mass is 10.1. The fourth-order valence-corrected chi connectivity index (χ4v) is 2.07. The van der Waals surface area contributed by atoms with Crippen LogP contribution < -0.4 is 0 Å². The number of aliphatic hydroxyl groups excluding tert-OH is 1. The van der Waals surface area contributed by atoms with Crippen molar-refractivity contribution >= 4 is 5.97 Å². The van der Waals surface area contributed by atoms with Gasteiger partial charge in [0, 0.05) is 19.6 Å². The minimum absolute atomic E-state index is 0.433. The Kier molecular flexibility index (Phi) is 4.30. The Bertz CT molecular complexity index is 395. The molecule has 0 radical (unpaired) electrons. The van der Waals surface area contributed by atoms with Crippen molar-refractivity contribution < 1.29 is 19.7 Å². The summed E-state index contributed by atoms with van der Waals surface area (Å²) >= 11 is 0. The maximum absolute atomic E-state index is 10.7. The highest BCUT2D eigenvalue weighted by atomic mass is 16.5. The number of aliphatic carboxylic acids is 1. The highest BCUT2D eigenvalue weighted by molar-refractivity contribution is 5.72. The summed E-state index contributed by atoms with van der Waals surface area (Å²) in [4.78, 5) is 12.8. The predicted molar refractivity (Wildman–Crippen MR) is 65.1 cm³/mol. The molecule has 0 saturated carbocycles. The number of rotatable bonds is 4. The first-order chi connectivity index (χ1) is 8.66. The van der Waals surface area contributed by atoms with Gasteiger partial charge in [-0.05, 0) is 5.56 Å². The molecule has 1 aromatic rings. The number of hydrogen-bond acceptors (Lipinski definition) is 4. The molecule has 2 N–H and O–H groups in total. The van der Waals surface area contributed by atoms with Crippen LogP contribution in [-0.2, 0) is 16.1 Å². The molecule has 2 atom stereocenters. The van der Waals surface area contributed by atoms with Gasteiger partial charge in [-0.15, -0.1) is 0 Å². The van der Waals surface area contributed by atoms with Crippen LogP contribution in [0, 0.1) is 0 Å². The Hall–Kier alpha value is -1.43. The minimum atomic E-state index is -1.46. The van der Waals surface area contributed by atoms with Gasteiger partial charge in [0.15, 0.2) is 6.10 Å². The molecule has 98 valence electrons. The van der Waals surface area contributed by atoms with Gasteiger partial charge in [-0.3, -0.25) is 4.90 Å². The van der Waals surface area contributed by atoms with Gasteiger partial charge in [-0.1, -0.05) is 30.3 Å².